The van der Waals surface area contributed by atoms with E-state index in [1.165, 1.54) is 36.0 Å². The second kappa shape index (κ2) is 10.1. The van der Waals surface area contributed by atoms with Crippen LogP contribution in [-0.2, 0) is 6.42 Å². The van der Waals surface area contributed by atoms with E-state index >= 15 is 0 Å². The Morgan fingerprint density at radius 2 is 1.79 bits per heavy atom. The van der Waals surface area contributed by atoms with Gasteiger partial charge < -0.3 is 14.7 Å². The molecule has 3 heteroatoms. The van der Waals surface area contributed by atoms with Crippen LogP contribution in [0.1, 0.15) is 49.3 Å². The molecule has 0 aromatic heterocycles. The first kappa shape index (κ1) is 20.9. The summed E-state index contributed by atoms with van der Waals surface area (Å²) in [6.07, 6.45) is 3.13. The van der Waals surface area contributed by atoms with Crippen LogP contribution in [0.3, 0.4) is 0 Å². The van der Waals surface area contributed by atoms with E-state index in [-0.39, 0.29) is 0 Å². The van der Waals surface area contributed by atoms with Crippen molar-refractivity contribution < 1.29 is 9.84 Å². The number of hydrogen-bond donors (Lipinski definition) is 1. The Balaban J connectivity index is 1.43. The lowest BCUT2D eigenvalue weighted by Gasteiger charge is -2.33. The van der Waals surface area contributed by atoms with Crippen molar-refractivity contribution in [3.05, 3.63) is 65.2 Å². The van der Waals surface area contributed by atoms with Gasteiger partial charge in [0, 0.05) is 6.54 Å². The molecule has 0 saturated carbocycles. The van der Waals surface area contributed by atoms with Crippen molar-refractivity contribution in [1.82, 2.24) is 4.90 Å². The maximum absolute atomic E-state index is 10.5. The third-order valence-electron chi connectivity index (χ3n) is 5.77. The number of hydrogen-bond acceptors (Lipinski definition) is 3. The molecule has 1 atom stereocenters. The molecule has 2 aromatic rings. The highest BCUT2D eigenvalue weighted by atomic mass is 16.5. The van der Waals surface area contributed by atoms with Crippen molar-refractivity contribution in [3.63, 3.8) is 0 Å². The van der Waals surface area contributed by atoms with Crippen LogP contribution in [0.15, 0.2) is 48.5 Å². The standard InChI is InChI=1S/C25H35NO2/c1-19(2)24-10-9-20(3)15-25(24)28-18-23(27)17-26-13-11-22(12-14-26)16-21-7-5-4-6-8-21/h4-10,15,19,22-23,27H,11-14,16-18H2,1-3H3. The predicted molar refractivity (Wildman–Crippen MR) is 116 cm³/mol. The average Bonchev–Trinajstić information content (AvgIpc) is 2.68. The molecule has 152 valence electrons. The Morgan fingerprint density at radius 1 is 1.07 bits per heavy atom. The van der Waals surface area contributed by atoms with Crippen LogP contribution in [0.5, 0.6) is 5.75 Å². The van der Waals surface area contributed by atoms with Crippen LogP contribution in [0.25, 0.3) is 0 Å². The summed E-state index contributed by atoms with van der Waals surface area (Å²) in [7, 11) is 0. The summed E-state index contributed by atoms with van der Waals surface area (Å²) in [5, 5.41) is 10.5. The lowest BCUT2D eigenvalue weighted by molar-refractivity contribution is 0.0547. The third-order valence-corrected chi connectivity index (χ3v) is 5.77. The zero-order valence-electron chi connectivity index (χ0n) is 17.6. The molecular formula is C25H35NO2. The van der Waals surface area contributed by atoms with E-state index < -0.39 is 6.10 Å². The second-order valence-electron chi connectivity index (χ2n) is 8.59. The first-order valence-corrected chi connectivity index (χ1v) is 10.7. The summed E-state index contributed by atoms with van der Waals surface area (Å²) in [5.41, 5.74) is 3.84. The Morgan fingerprint density at radius 3 is 2.46 bits per heavy atom. The molecule has 0 bridgehead atoms. The monoisotopic (exact) mass is 381 g/mol. The molecule has 1 fully saturated rings. The minimum atomic E-state index is -0.453. The molecular weight excluding hydrogens is 346 g/mol. The fourth-order valence-corrected chi connectivity index (χ4v) is 4.10. The molecule has 0 amide bonds. The average molecular weight is 382 g/mol. The minimum absolute atomic E-state index is 0.354. The first-order valence-electron chi connectivity index (χ1n) is 10.7. The van der Waals surface area contributed by atoms with E-state index in [9.17, 15) is 5.11 Å². The van der Waals surface area contributed by atoms with Crippen molar-refractivity contribution in [2.45, 2.75) is 52.1 Å². The fourth-order valence-electron chi connectivity index (χ4n) is 4.10. The number of piperidine rings is 1. The van der Waals surface area contributed by atoms with Gasteiger partial charge >= 0.3 is 0 Å². The smallest absolute Gasteiger partial charge is 0.123 e. The molecule has 3 rings (SSSR count). The molecule has 0 aliphatic carbocycles. The van der Waals surface area contributed by atoms with Crippen LogP contribution in [0.4, 0.5) is 0 Å². The van der Waals surface area contributed by atoms with Crippen molar-refractivity contribution in [2.75, 3.05) is 26.2 Å². The van der Waals surface area contributed by atoms with E-state index in [1.54, 1.807) is 0 Å². The fraction of sp³-hybridized carbons (Fsp3) is 0.520. The molecule has 1 N–H and O–H groups in total. The van der Waals surface area contributed by atoms with Gasteiger partial charge in [-0.25, -0.2) is 0 Å². The Labute approximate surface area is 170 Å². The van der Waals surface area contributed by atoms with Crippen molar-refractivity contribution in [3.8, 4) is 5.75 Å². The van der Waals surface area contributed by atoms with Gasteiger partial charge in [0.1, 0.15) is 18.5 Å². The number of aliphatic hydroxyl groups is 1. The highest BCUT2D eigenvalue weighted by Crippen LogP contribution is 2.28. The van der Waals surface area contributed by atoms with Gasteiger partial charge in [0.15, 0.2) is 0 Å². The van der Waals surface area contributed by atoms with Gasteiger partial charge in [-0.15, -0.1) is 0 Å². The topological polar surface area (TPSA) is 32.7 Å². The van der Waals surface area contributed by atoms with Crippen LogP contribution in [0, 0.1) is 12.8 Å². The minimum Gasteiger partial charge on any atom is -0.491 e. The molecule has 28 heavy (non-hydrogen) atoms. The summed E-state index contributed by atoms with van der Waals surface area (Å²) < 4.78 is 6.01. The quantitative estimate of drug-likeness (QED) is 0.712. The normalized spacial score (nSPS) is 17.0. The number of ether oxygens (including phenoxy) is 1. The van der Waals surface area contributed by atoms with Gasteiger partial charge in [-0.3, -0.25) is 0 Å². The lowest BCUT2D eigenvalue weighted by atomic mass is 9.90. The van der Waals surface area contributed by atoms with Crippen LogP contribution in [0.2, 0.25) is 0 Å². The van der Waals surface area contributed by atoms with Crippen LogP contribution >= 0.6 is 0 Å². The SMILES string of the molecule is Cc1ccc(C(C)C)c(OCC(O)CN2CCC(Cc3ccccc3)CC2)c1. The van der Waals surface area contributed by atoms with E-state index in [2.05, 4.69) is 74.2 Å². The van der Waals surface area contributed by atoms with E-state index in [0.29, 0.717) is 19.1 Å². The van der Waals surface area contributed by atoms with Crippen LogP contribution < -0.4 is 4.74 Å². The molecule has 0 radical (unpaired) electrons. The molecule has 1 heterocycles. The maximum atomic E-state index is 10.5. The summed E-state index contributed by atoms with van der Waals surface area (Å²) >= 11 is 0. The molecule has 2 aromatic carbocycles. The second-order valence-corrected chi connectivity index (χ2v) is 8.59. The maximum Gasteiger partial charge on any atom is 0.123 e. The van der Waals surface area contributed by atoms with Gasteiger partial charge in [-0.05, 0) is 73.9 Å². The van der Waals surface area contributed by atoms with Gasteiger partial charge in [0.25, 0.3) is 0 Å². The summed E-state index contributed by atoms with van der Waals surface area (Å²) in [4.78, 5) is 2.38. The highest BCUT2D eigenvalue weighted by Gasteiger charge is 2.21. The largest absolute Gasteiger partial charge is 0.491 e. The Bertz CT molecular complexity index is 721. The van der Waals surface area contributed by atoms with Crippen molar-refractivity contribution in [2.24, 2.45) is 5.92 Å². The first-order chi connectivity index (χ1) is 13.5. The number of likely N-dealkylation sites (tertiary alicyclic amines) is 1. The Hall–Kier alpha value is -1.84. The summed E-state index contributed by atoms with van der Waals surface area (Å²) in [5.74, 6) is 2.08. The summed E-state index contributed by atoms with van der Waals surface area (Å²) in [6, 6.07) is 17.1. The number of benzene rings is 2. The predicted octanol–water partition coefficient (Wildman–Crippen LogP) is 4.81. The summed E-state index contributed by atoms with van der Waals surface area (Å²) in [6.45, 7) is 9.61. The van der Waals surface area contributed by atoms with Crippen LogP contribution in [-0.4, -0.2) is 42.4 Å². The molecule has 1 saturated heterocycles. The molecule has 3 nitrogen and oxygen atoms in total. The van der Waals surface area contributed by atoms with Crippen molar-refractivity contribution in [1.29, 1.82) is 0 Å². The lowest BCUT2D eigenvalue weighted by Crippen LogP contribution is -2.41. The van der Waals surface area contributed by atoms with Gasteiger partial charge in [-0.1, -0.05) is 56.3 Å². The molecule has 1 unspecified atom stereocenters. The molecule has 1 aliphatic heterocycles. The molecule has 0 spiro atoms. The molecule has 1 aliphatic rings. The van der Waals surface area contributed by atoms with Gasteiger partial charge in [0.2, 0.25) is 0 Å². The van der Waals surface area contributed by atoms with Crippen molar-refractivity contribution >= 4 is 0 Å². The zero-order valence-corrected chi connectivity index (χ0v) is 17.6. The van der Waals surface area contributed by atoms with E-state index in [0.717, 1.165) is 24.8 Å². The number of rotatable bonds is 8. The number of aryl methyl sites for hydroxylation is 1. The van der Waals surface area contributed by atoms with Gasteiger partial charge in [-0.2, -0.15) is 0 Å². The van der Waals surface area contributed by atoms with E-state index in [4.69, 9.17) is 4.74 Å². The number of β-amino-alcohol motifs (C(OH)–C–C–N with tert-alkyl or cyclic N) is 1. The highest BCUT2D eigenvalue weighted by molar-refractivity contribution is 5.39. The number of aliphatic hydroxyl groups excluding tert-OH is 1. The van der Waals surface area contributed by atoms with Gasteiger partial charge in [0.05, 0.1) is 0 Å². The number of nitrogens with zero attached hydrogens (tertiary/aromatic N) is 1. The van der Waals surface area contributed by atoms with E-state index in [1.807, 2.05) is 0 Å². The zero-order chi connectivity index (χ0) is 19.9. The Kier molecular flexibility index (Phi) is 7.52. The third kappa shape index (κ3) is 6.08.